The van der Waals surface area contributed by atoms with Crippen molar-refractivity contribution >= 4 is 27.3 Å². The smallest absolute Gasteiger partial charge is 0.159 e. The first-order valence-corrected chi connectivity index (χ1v) is 8.55. The Morgan fingerprint density at radius 1 is 1.24 bits per heavy atom. The van der Waals surface area contributed by atoms with E-state index in [2.05, 4.69) is 41.2 Å². The van der Waals surface area contributed by atoms with E-state index < -0.39 is 11.6 Å². The standard InChI is InChI=1S/C16H18BrF2NS/c1-3-6-20-15(16-12(17)7-10(2)21-16)9-11-4-5-13(18)14(19)8-11/h4-5,7-8,15,20H,3,6,9H2,1-2H3. The lowest BCUT2D eigenvalue weighted by Crippen LogP contribution is -2.23. The fourth-order valence-corrected chi connectivity index (χ4v) is 4.22. The van der Waals surface area contributed by atoms with Gasteiger partial charge in [-0.1, -0.05) is 13.0 Å². The van der Waals surface area contributed by atoms with Crippen LogP contribution in [0.4, 0.5) is 8.78 Å². The van der Waals surface area contributed by atoms with Crippen LogP contribution in [0, 0.1) is 18.6 Å². The fourth-order valence-electron chi connectivity index (χ4n) is 2.22. The molecule has 0 aliphatic carbocycles. The maximum atomic E-state index is 13.4. The number of rotatable bonds is 6. The van der Waals surface area contributed by atoms with Gasteiger partial charge in [0.1, 0.15) is 0 Å². The Balaban J connectivity index is 2.23. The van der Waals surface area contributed by atoms with Crippen molar-refractivity contribution in [2.45, 2.75) is 32.7 Å². The zero-order valence-corrected chi connectivity index (χ0v) is 14.5. The minimum atomic E-state index is -0.801. The highest BCUT2D eigenvalue weighted by Crippen LogP contribution is 2.34. The van der Waals surface area contributed by atoms with Gasteiger partial charge in [-0.25, -0.2) is 8.78 Å². The van der Waals surface area contributed by atoms with Crippen LogP contribution in [0.2, 0.25) is 0 Å². The van der Waals surface area contributed by atoms with Crippen molar-refractivity contribution in [3.05, 3.63) is 55.7 Å². The van der Waals surface area contributed by atoms with Gasteiger partial charge in [0, 0.05) is 20.3 Å². The van der Waals surface area contributed by atoms with Gasteiger partial charge in [-0.3, -0.25) is 0 Å². The van der Waals surface area contributed by atoms with Crippen molar-refractivity contribution in [1.29, 1.82) is 0 Å². The predicted octanol–water partition coefficient (Wildman–Crippen LogP) is 5.38. The van der Waals surface area contributed by atoms with Crippen molar-refractivity contribution in [3.63, 3.8) is 0 Å². The van der Waals surface area contributed by atoms with Crippen LogP contribution in [0.5, 0.6) is 0 Å². The second-order valence-corrected chi connectivity index (χ2v) is 7.17. The molecule has 2 aromatic rings. The molecular formula is C16H18BrF2NS. The van der Waals surface area contributed by atoms with Crippen LogP contribution in [-0.4, -0.2) is 6.54 Å². The molecule has 2 rings (SSSR count). The average molecular weight is 374 g/mol. The summed E-state index contributed by atoms with van der Waals surface area (Å²) >= 11 is 5.31. The third-order valence-corrected chi connectivity index (χ3v) is 5.30. The van der Waals surface area contributed by atoms with Crippen LogP contribution in [0.25, 0.3) is 0 Å². The summed E-state index contributed by atoms with van der Waals surface area (Å²) in [5.74, 6) is -1.59. The lowest BCUT2D eigenvalue weighted by molar-refractivity contribution is 0.501. The number of hydrogen-bond donors (Lipinski definition) is 1. The van der Waals surface area contributed by atoms with Crippen LogP contribution in [0.15, 0.2) is 28.7 Å². The molecule has 1 aromatic carbocycles. The second kappa shape index (κ2) is 7.47. The van der Waals surface area contributed by atoms with Gasteiger partial charge in [0.25, 0.3) is 0 Å². The van der Waals surface area contributed by atoms with Crippen LogP contribution in [-0.2, 0) is 6.42 Å². The lowest BCUT2D eigenvalue weighted by atomic mass is 10.0. The SMILES string of the molecule is CCCNC(Cc1ccc(F)c(F)c1)c1sc(C)cc1Br. The summed E-state index contributed by atoms with van der Waals surface area (Å²) in [7, 11) is 0. The van der Waals surface area contributed by atoms with Crippen molar-refractivity contribution < 1.29 is 8.78 Å². The van der Waals surface area contributed by atoms with Gasteiger partial charge >= 0.3 is 0 Å². The van der Waals surface area contributed by atoms with Crippen LogP contribution < -0.4 is 5.32 Å². The van der Waals surface area contributed by atoms with E-state index >= 15 is 0 Å². The van der Waals surface area contributed by atoms with E-state index in [0.717, 1.165) is 23.0 Å². The first-order chi connectivity index (χ1) is 10.0. The number of benzene rings is 1. The maximum Gasteiger partial charge on any atom is 0.159 e. The van der Waals surface area contributed by atoms with E-state index in [1.807, 2.05) is 0 Å². The van der Waals surface area contributed by atoms with Gasteiger partial charge < -0.3 is 5.32 Å². The van der Waals surface area contributed by atoms with E-state index in [4.69, 9.17) is 0 Å². The largest absolute Gasteiger partial charge is 0.309 e. The molecule has 0 aliphatic rings. The van der Waals surface area contributed by atoms with Crippen LogP contribution in [0.3, 0.4) is 0 Å². The maximum absolute atomic E-state index is 13.4. The summed E-state index contributed by atoms with van der Waals surface area (Å²) in [6.07, 6.45) is 1.66. The van der Waals surface area contributed by atoms with Gasteiger partial charge in [0.05, 0.1) is 0 Å². The van der Waals surface area contributed by atoms with Crippen LogP contribution in [0.1, 0.15) is 34.7 Å². The van der Waals surface area contributed by atoms with Crippen molar-refractivity contribution in [2.75, 3.05) is 6.54 Å². The highest BCUT2D eigenvalue weighted by atomic mass is 79.9. The zero-order valence-electron chi connectivity index (χ0n) is 12.1. The Morgan fingerprint density at radius 3 is 2.57 bits per heavy atom. The highest BCUT2D eigenvalue weighted by molar-refractivity contribution is 9.10. The quantitative estimate of drug-likeness (QED) is 0.716. The molecule has 0 fully saturated rings. The summed E-state index contributed by atoms with van der Waals surface area (Å²) in [4.78, 5) is 2.43. The lowest BCUT2D eigenvalue weighted by Gasteiger charge is -2.18. The molecule has 1 nitrogen and oxygen atoms in total. The Kier molecular flexibility index (Phi) is 5.90. The monoisotopic (exact) mass is 373 g/mol. The Hall–Kier alpha value is -0.780. The molecule has 0 amide bonds. The summed E-state index contributed by atoms with van der Waals surface area (Å²) < 4.78 is 27.5. The number of thiophene rings is 1. The molecule has 1 unspecified atom stereocenters. The molecule has 1 heterocycles. The minimum absolute atomic E-state index is 0.0999. The number of nitrogens with one attached hydrogen (secondary N) is 1. The molecule has 1 N–H and O–H groups in total. The van der Waals surface area contributed by atoms with Crippen molar-refractivity contribution in [1.82, 2.24) is 5.32 Å². The molecule has 0 spiro atoms. The van der Waals surface area contributed by atoms with Crippen molar-refractivity contribution in [3.8, 4) is 0 Å². The topological polar surface area (TPSA) is 12.0 Å². The summed E-state index contributed by atoms with van der Waals surface area (Å²) in [6, 6.07) is 6.31. The van der Waals surface area contributed by atoms with E-state index in [1.54, 1.807) is 17.4 Å². The van der Waals surface area contributed by atoms with E-state index in [-0.39, 0.29) is 6.04 Å². The molecule has 21 heavy (non-hydrogen) atoms. The minimum Gasteiger partial charge on any atom is -0.309 e. The fraction of sp³-hybridized carbons (Fsp3) is 0.375. The number of aryl methyl sites for hydroxylation is 1. The number of halogens is 3. The van der Waals surface area contributed by atoms with Crippen molar-refractivity contribution in [2.24, 2.45) is 0 Å². The van der Waals surface area contributed by atoms with E-state index in [9.17, 15) is 8.78 Å². The summed E-state index contributed by atoms with van der Waals surface area (Å²) in [5, 5.41) is 3.49. The van der Waals surface area contributed by atoms with Gasteiger partial charge in [-0.15, -0.1) is 11.3 Å². The number of hydrogen-bond acceptors (Lipinski definition) is 2. The molecule has 0 bridgehead atoms. The second-order valence-electron chi connectivity index (χ2n) is 5.03. The molecule has 0 saturated heterocycles. The molecule has 114 valence electrons. The Morgan fingerprint density at radius 2 is 2.00 bits per heavy atom. The average Bonchev–Trinajstić information content (AvgIpc) is 2.77. The van der Waals surface area contributed by atoms with Gasteiger partial charge in [-0.05, 0) is 66.0 Å². The zero-order chi connectivity index (χ0) is 15.4. The van der Waals surface area contributed by atoms with Gasteiger partial charge in [0.2, 0.25) is 0 Å². The third kappa shape index (κ3) is 4.34. The molecule has 0 saturated carbocycles. The van der Waals surface area contributed by atoms with Crippen LogP contribution >= 0.6 is 27.3 Å². The van der Waals surface area contributed by atoms with E-state index in [1.165, 1.54) is 21.9 Å². The normalized spacial score (nSPS) is 12.6. The first kappa shape index (κ1) is 16.6. The summed E-state index contributed by atoms with van der Waals surface area (Å²) in [5.41, 5.74) is 0.792. The molecular weight excluding hydrogens is 356 g/mol. The molecule has 5 heteroatoms. The molecule has 1 aromatic heterocycles. The highest BCUT2D eigenvalue weighted by Gasteiger charge is 2.18. The third-order valence-electron chi connectivity index (χ3n) is 3.22. The Labute approximate surface area is 136 Å². The van der Waals surface area contributed by atoms with Gasteiger partial charge in [0.15, 0.2) is 11.6 Å². The first-order valence-electron chi connectivity index (χ1n) is 6.94. The summed E-state index contributed by atoms with van der Waals surface area (Å²) in [6.45, 7) is 5.06. The van der Waals surface area contributed by atoms with Gasteiger partial charge in [-0.2, -0.15) is 0 Å². The predicted molar refractivity (Wildman–Crippen MR) is 87.9 cm³/mol. The van der Waals surface area contributed by atoms with E-state index in [0.29, 0.717) is 6.42 Å². The molecule has 0 aliphatic heterocycles. The molecule has 0 radical (unpaired) electrons. The Bertz CT molecular complexity index is 612. The molecule has 1 atom stereocenters.